The second-order valence-electron chi connectivity index (χ2n) is 16.3. The van der Waals surface area contributed by atoms with Crippen LogP contribution >= 0.6 is 15.9 Å². The Labute approximate surface area is 329 Å². The van der Waals surface area contributed by atoms with Gasteiger partial charge in [0, 0.05) is 17.1 Å². The van der Waals surface area contributed by atoms with Crippen LogP contribution in [0.2, 0.25) is 18.1 Å². The fourth-order valence-corrected chi connectivity index (χ4v) is 10.1. The number of Topliss-reactive ketones (excluding diaryl/α,β-unsaturated/α-hetero) is 2. The molecule has 290 valence electrons. The number of ether oxygens (including phenoxy) is 3. The van der Waals surface area contributed by atoms with Gasteiger partial charge in [-0.3, -0.25) is 14.5 Å². The third kappa shape index (κ3) is 6.33. The number of methoxy groups -OCH3 is 1. The van der Waals surface area contributed by atoms with Gasteiger partial charge < -0.3 is 28.3 Å². The van der Waals surface area contributed by atoms with E-state index in [2.05, 4.69) is 21.1 Å². The van der Waals surface area contributed by atoms with Crippen molar-refractivity contribution >= 4 is 41.6 Å². The fraction of sp³-hybridized carbons (Fsp3) is 0.405. The highest BCUT2D eigenvalue weighted by Gasteiger charge is 2.69. The van der Waals surface area contributed by atoms with Crippen molar-refractivity contribution in [1.29, 1.82) is 0 Å². The zero-order valence-electron chi connectivity index (χ0n) is 32.3. The normalized spacial score (nSPS) is 22.2. The zero-order chi connectivity index (χ0) is 39.6. The number of carbonyl (C=O) groups is 2. The topological polar surface area (TPSA) is 121 Å². The molecule has 0 bridgehead atoms. The summed E-state index contributed by atoms with van der Waals surface area (Å²) >= 11 is 3.47. The van der Waals surface area contributed by atoms with Crippen molar-refractivity contribution in [3.8, 4) is 17.4 Å². The fourth-order valence-electron chi connectivity index (χ4n) is 8.02. The van der Waals surface area contributed by atoms with E-state index in [4.69, 9.17) is 23.2 Å². The smallest absolute Gasteiger partial charge is 0.265 e. The average Bonchev–Trinajstić information content (AvgIpc) is 3.56. The highest BCUT2D eigenvalue weighted by atomic mass is 79.9. The number of hydrogen-bond donors (Lipinski definition) is 1. The number of ketones is 2. The molecule has 13 heteroatoms. The van der Waals surface area contributed by atoms with Crippen LogP contribution in [0.15, 0.2) is 75.2 Å². The molecule has 4 atom stereocenters. The summed E-state index contributed by atoms with van der Waals surface area (Å²) in [6.07, 6.45) is 0.222. The van der Waals surface area contributed by atoms with Crippen molar-refractivity contribution in [3.05, 3.63) is 110 Å². The minimum absolute atomic E-state index is 0.000927. The van der Waals surface area contributed by atoms with Gasteiger partial charge in [-0.1, -0.05) is 81.4 Å². The number of aliphatic hydroxyl groups excluding tert-OH is 1. The number of hydrogen-bond acceptors (Lipinski definition) is 10. The van der Waals surface area contributed by atoms with Gasteiger partial charge in [0.25, 0.3) is 5.88 Å². The average molecular weight is 834 g/mol. The van der Waals surface area contributed by atoms with E-state index in [9.17, 15) is 5.11 Å². The molecule has 3 aliphatic carbocycles. The third-order valence-corrected chi connectivity index (χ3v) is 16.9. The SMILES string of the molecule is COc1c(F)c2c(c(OCc3ccccc3)c1Br)C(O)=C1C(=O)[C@]3(O[Si](C)(C)C(C)(C)C)C(=O)c4c(OCc5ccccc5)noc4[C@@H](N(C)C)[C@@H]3C[C@@H]1C2. The first-order valence-electron chi connectivity index (χ1n) is 18.3. The molecule has 10 nitrogen and oxygen atoms in total. The Morgan fingerprint density at radius 3 is 2.13 bits per heavy atom. The van der Waals surface area contributed by atoms with Gasteiger partial charge in [0.2, 0.25) is 11.6 Å². The molecule has 1 heterocycles. The minimum atomic E-state index is -2.95. The van der Waals surface area contributed by atoms with E-state index in [0.29, 0.717) is 0 Å². The quantitative estimate of drug-likeness (QED) is 0.122. The maximum absolute atomic E-state index is 16.5. The largest absolute Gasteiger partial charge is 0.507 e. The van der Waals surface area contributed by atoms with Crippen LogP contribution in [-0.4, -0.2) is 61.9 Å². The number of aromatic nitrogens is 1. The first-order valence-corrected chi connectivity index (χ1v) is 22.0. The molecule has 0 amide bonds. The summed E-state index contributed by atoms with van der Waals surface area (Å²) in [7, 11) is 2.09. The van der Waals surface area contributed by atoms with Gasteiger partial charge in [0.1, 0.15) is 34.8 Å². The summed E-state index contributed by atoms with van der Waals surface area (Å²) in [4.78, 5) is 33.1. The summed E-state index contributed by atoms with van der Waals surface area (Å²) in [5.41, 5.74) is -0.176. The Kier molecular flexibility index (Phi) is 10.1. The first kappa shape index (κ1) is 39.0. The van der Waals surface area contributed by atoms with Gasteiger partial charge in [-0.15, -0.1) is 0 Å². The lowest BCUT2D eigenvalue weighted by atomic mass is 9.57. The number of fused-ring (bicyclic) bond motifs is 4. The molecular weight excluding hydrogens is 787 g/mol. The van der Waals surface area contributed by atoms with Crippen molar-refractivity contribution < 1.29 is 42.2 Å². The highest BCUT2D eigenvalue weighted by molar-refractivity contribution is 9.10. The molecule has 0 spiro atoms. The Balaban J connectivity index is 1.43. The Hall–Kier alpha value is -4.30. The van der Waals surface area contributed by atoms with Crippen molar-refractivity contribution in [2.45, 2.75) is 76.6 Å². The lowest BCUT2D eigenvalue weighted by Gasteiger charge is -2.55. The monoisotopic (exact) mass is 832 g/mol. The van der Waals surface area contributed by atoms with Crippen LogP contribution in [0.3, 0.4) is 0 Å². The molecule has 4 aromatic rings. The van der Waals surface area contributed by atoms with Gasteiger partial charge in [0.15, 0.2) is 31.2 Å². The molecule has 1 N–H and O–H groups in total. The van der Waals surface area contributed by atoms with E-state index in [1.165, 1.54) is 7.11 Å². The molecule has 1 saturated carbocycles. The van der Waals surface area contributed by atoms with Gasteiger partial charge in [-0.25, -0.2) is 4.39 Å². The Morgan fingerprint density at radius 2 is 1.56 bits per heavy atom. The molecule has 0 radical (unpaired) electrons. The van der Waals surface area contributed by atoms with Gasteiger partial charge in [0.05, 0.1) is 18.7 Å². The summed E-state index contributed by atoms with van der Waals surface area (Å²) in [6, 6.07) is 18.2. The molecule has 1 fully saturated rings. The van der Waals surface area contributed by atoms with Crippen LogP contribution in [-0.2, 0) is 28.9 Å². The van der Waals surface area contributed by atoms with Crippen LogP contribution in [0.5, 0.6) is 17.4 Å². The molecule has 55 heavy (non-hydrogen) atoms. The molecule has 7 rings (SSSR count). The number of aliphatic hydroxyl groups is 1. The van der Waals surface area contributed by atoms with Crippen LogP contribution in [0.4, 0.5) is 4.39 Å². The lowest BCUT2D eigenvalue weighted by molar-refractivity contribution is -0.140. The third-order valence-electron chi connectivity index (χ3n) is 11.7. The van der Waals surface area contributed by atoms with Crippen LogP contribution in [0.1, 0.15) is 71.6 Å². The van der Waals surface area contributed by atoms with E-state index >= 15 is 14.0 Å². The van der Waals surface area contributed by atoms with Crippen molar-refractivity contribution in [2.24, 2.45) is 11.8 Å². The molecule has 0 saturated heterocycles. The molecule has 0 aliphatic heterocycles. The van der Waals surface area contributed by atoms with Gasteiger partial charge in [-0.2, -0.15) is 0 Å². The maximum atomic E-state index is 16.5. The van der Waals surface area contributed by atoms with Crippen molar-refractivity contribution in [3.63, 3.8) is 0 Å². The Morgan fingerprint density at radius 1 is 0.964 bits per heavy atom. The van der Waals surface area contributed by atoms with Gasteiger partial charge in [-0.05, 0) is 83.2 Å². The predicted molar refractivity (Wildman–Crippen MR) is 210 cm³/mol. The summed E-state index contributed by atoms with van der Waals surface area (Å²) in [5.74, 6) is -3.63. The van der Waals surface area contributed by atoms with Crippen molar-refractivity contribution in [2.75, 3.05) is 21.2 Å². The van der Waals surface area contributed by atoms with Crippen LogP contribution in [0.25, 0.3) is 5.76 Å². The molecule has 3 aromatic carbocycles. The van der Waals surface area contributed by atoms with E-state index in [0.717, 1.165) is 11.1 Å². The molecule has 0 unspecified atom stereocenters. The van der Waals surface area contributed by atoms with Crippen molar-refractivity contribution in [1.82, 2.24) is 10.1 Å². The number of nitrogens with zero attached hydrogens (tertiary/aromatic N) is 2. The van der Waals surface area contributed by atoms with E-state index in [1.807, 2.05) is 114 Å². The number of halogens is 2. The maximum Gasteiger partial charge on any atom is 0.265 e. The predicted octanol–water partition coefficient (Wildman–Crippen LogP) is 9.03. The molecule has 1 aromatic heterocycles. The second-order valence-corrected chi connectivity index (χ2v) is 21.8. The zero-order valence-corrected chi connectivity index (χ0v) is 34.9. The Bertz CT molecular complexity index is 2180. The number of carbonyl (C=O) groups excluding carboxylic acids is 2. The van der Waals surface area contributed by atoms with E-state index < -0.39 is 60.0 Å². The standard InChI is InChI=1S/C42H46BrFN2O8Si/c1-41(2,3)55(7,8)54-42-27(33(46(4)5)36-30(39(42)49)40(45-53-36)52-22-24-17-13-10-14-18-24)20-25-19-26-29(34(47)28(25)38(42)48)35(31(43)37(50-6)32(26)44)51-21-23-15-11-9-12-16-23/h9-18,25,27,33,47H,19-22H2,1-8H3/t25-,27-,33-,42-/m0/s1. The summed E-state index contributed by atoms with van der Waals surface area (Å²) < 4.78 is 47.7. The van der Waals surface area contributed by atoms with Crippen LogP contribution < -0.4 is 14.2 Å². The first-order chi connectivity index (χ1) is 26.0. The highest BCUT2D eigenvalue weighted by Crippen LogP contribution is 2.60. The van der Waals surface area contributed by atoms with Gasteiger partial charge >= 0.3 is 0 Å². The lowest BCUT2D eigenvalue weighted by Crippen LogP contribution is -2.68. The van der Waals surface area contributed by atoms with E-state index in [1.54, 1.807) is 0 Å². The molecular formula is C42H46BrFN2O8Si. The summed E-state index contributed by atoms with van der Waals surface area (Å²) in [6.45, 7) is 10.3. The van der Waals surface area contributed by atoms with E-state index in [-0.39, 0.29) is 75.9 Å². The molecule has 3 aliphatic rings. The minimum Gasteiger partial charge on any atom is -0.507 e. The van der Waals surface area contributed by atoms with Crippen LogP contribution in [0, 0.1) is 17.7 Å². The number of rotatable bonds is 10. The number of benzene rings is 3. The second kappa shape index (κ2) is 14.3. The summed E-state index contributed by atoms with van der Waals surface area (Å²) in [5, 5.41) is 16.2.